The monoisotopic (exact) mass is 263 g/mol. The third kappa shape index (κ3) is 3.07. The van der Waals surface area contributed by atoms with Crippen molar-refractivity contribution in [2.75, 3.05) is 38.1 Å². The van der Waals surface area contributed by atoms with Gasteiger partial charge in [-0.15, -0.1) is 0 Å². The summed E-state index contributed by atoms with van der Waals surface area (Å²) in [5, 5.41) is 3.08. The van der Waals surface area contributed by atoms with E-state index in [0.717, 1.165) is 43.5 Å². The van der Waals surface area contributed by atoms with Crippen LogP contribution in [0.25, 0.3) is 0 Å². The van der Waals surface area contributed by atoms with Gasteiger partial charge < -0.3 is 10.2 Å². The number of halogens is 1. The summed E-state index contributed by atoms with van der Waals surface area (Å²) in [6, 6.07) is 6.22. The van der Waals surface area contributed by atoms with Crippen LogP contribution in [-0.2, 0) is 6.54 Å². The largest absolute Gasteiger partial charge is 0.369 e. The van der Waals surface area contributed by atoms with Crippen molar-refractivity contribution in [1.82, 2.24) is 10.2 Å². The predicted molar refractivity (Wildman–Crippen MR) is 76.0 cm³/mol. The van der Waals surface area contributed by atoms with Gasteiger partial charge in [0.05, 0.1) is 0 Å². The van der Waals surface area contributed by atoms with Crippen LogP contribution in [-0.4, -0.2) is 44.2 Å². The van der Waals surface area contributed by atoms with Crippen molar-refractivity contribution in [3.8, 4) is 0 Å². The van der Waals surface area contributed by atoms with Crippen LogP contribution >= 0.6 is 0 Å². The molecule has 3 nitrogen and oxygen atoms in total. The molecule has 1 aliphatic heterocycles. The number of nitrogens with zero attached hydrogens (tertiary/aromatic N) is 2. The Hall–Kier alpha value is -1.13. The first-order valence-electron chi connectivity index (χ1n) is 7.19. The third-order valence-electron chi connectivity index (χ3n) is 4.07. The van der Waals surface area contributed by atoms with Crippen LogP contribution in [0.3, 0.4) is 0 Å². The molecule has 1 aromatic carbocycles. The van der Waals surface area contributed by atoms with Crippen molar-refractivity contribution in [2.24, 2.45) is 0 Å². The van der Waals surface area contributed by atoms with Gasteiger partial charge in [0, 0.05) is 44.5 Å². The molecule has 0 radical (unpaired) electrons. The highest BCUT2D eigenvalue weighted by Crippen LogP contribution is 2.28. The number of piperazine rings is 1. The predicted octanol–water partition coefficient (Wildman–Crippen LogP) is 1.83. The van der Waals surface area contributed by atoms with Crippen LogP contribution < -0.4 is 10.2 Å². The van der Waals surface area contributed by atoms with Crippen molar-refractivity contribution >= 4 is 5.69 Å². The number of rotatable bonds is 4. The number of nitrogens with one attached hydrogen (secondary N) is 1. The summed E-state index contributed by atoms with van der Waals surface area (Å²) in [5.41, 5.74) is 2.04. The summed E-state index contributed by atoms with van der Waals surface area (Å²) in [4.78, 5) is 4.88. The average molecular weight is 263 g/mol. The summed E-state index contributed by atoms with van der Waals surface area (Å²) >= 11 is 0. The zero-order chi connectivity index (χ0) is 13.2. The van der Waals surface area contributed by atoms with Gasteiger partial charge in [-0.1, -0.05) is 0 Å². The Bertz CT molecular complexity index is 437. The molecule has 3 rings (SSSR count). The van der Waals surface area contributed by atoms with Crippen molar-refractivity contribution in [3.05, 3.63) is 29.6 Å². The minimum atomic E-state index is -0.132. The fourth-order valence-corrected chi connectivity index (χ4v) is 2.91. The van der Waals surface area contributed by atoms with Crippen molar-refractivity contribution in [1.29, 1.82) is 0 Å². The molecule has 2 fully saturated rings. The lowest BCUT2D eigenvalue weighted by molar-refractivity contribution is 0.248. The quantitative estimate of drug-likeness (QED) is 0.894. The summed E-state index contributed by atoms with van der Waals surface area (Å²) < 4.78 is 13.7. The lowest BCUT2D eigenvalue weighted by Crippen LogP contribution is -2.47. The van der Waals surface area contributed by atoms with E-state index in [1.54, 1.807) is 12.1 Å². The van der Waals surface area contributed by atoms with E-state index in [2.05, 4.69) is 21.2 Å². The summed E-state index contributed by atoms with van der Waals surface area (Å²) in [5.74, 6) is -0.132. The van der Waals surface area contributed by atoms with E-state index in [0.29, 0.717) is 6.54 Å². The lowest BCUT2D eigenvalue weighted by Gasteiger charge is -2.36. The zero-order valence-electron chi connectivity index (χ0n) is 11.5. The highest BCUT2D eigenvalue weighted by molar-refractivity contribution is 5.49. The first kappa shape index (κ1) is 12.9. The molecule has 1 aliphatic carbocycles. The minimum absolute atomic E-state index is 0.132. The van der Waals surface area contributed by atoms with E-state index in [4.69, 9.17) is 0 Å². The molecule has 104 valence electrons. The molecular weight excluding hydrogens is 241 g/mol. The zero-order valence-corrected chi connectivity index (χ0v) is 11.5. The molecule has 1 N–H and O–H groups in total. The van der Waals surface area contributed by atoms with Gasteiger partial charge in [-0.05, 0) is 43.7 Å². The Balaban J connectivity index is 1.68. The standard InChI is InChI=1S/C15H22FN3/c1-17-11-12-8-13(16)10-15(9-12)19-6-4-18(5-7-19)14-2-3-14/h8-10,14,17H,2-7,11H2,1H3. The third-order valence-corrected chi connectivity index (χ3v) is 4.07. The number of anilines is 1. The Morgan fingerprint density at radius 3 is 2.53 bits per heavy atom. The second kappa shape index (κ2) is 5.47. The van der Waals surface area contributed by atoms with Gasteiger partial charge >= 0.3 is 0 Å². The van der Waals surface area contributed by atoms with E-state index >= 15 is 0 Å². The van der Waals surface area contributed by atoms with Gasteiger partial charge in [0.2, 0.25) is 0 Å². The molecule has 0 bridgehead atoms. The molecule has 1 saturated heterocycles. The molecule has 1 aromatic rings. The van der Waals surface area contributed by atoms with Gasteiger partial charge in [-0.3, -0.25) is 4.90 Å². The van der Waals surface area contributed by atoms with Crippen LogP contribution in [0.5, 0.6) is 0 Å². The Labute approximate surface area is 114 Å². The molecule has 1 heterocycles. The molecule has 4 heteroatoms. The average Bonchev–Trinajstić information content (AvgIpc) is 3.23. The highest BCUT2D eigenvalue weighted by atomic mass is 19.1. The molecule has 0 unspecified atom stereocenters. The van der Waals surface area contributed by atoms with Gasteiger partial charge in [-0.2, -0.15) is 0 Å². The van der Waals surface area contributed by atoms with Gasteiger partial charge in [-0.25, -0.2) is 4.39 Å². The van der Waals surface area contributed by atoms with Crippen LogP contribution in [0.2, 0.25) is 0 Å². The Kier molecular flexibility index (Phi) is 3.71. The van der Waals surface area contributed by atoms with Crippen LogP contribution in [0, 0.1) is 5.82 Å². The van der Waals surface area contributed by atoms with E-state index in [1.807, 2.05) is 7.05 Å². The first-order valence-corrected chi connectivity index (χ1v) is 7.19. The Morgan fingerprint density at radius 1 is 1.16 bits per heavy atom. The topological polar surface area (TPSA) is 18.5 Å². The summed E-state index contributed by atoms with van der Waals surface area (Å²) in [6.07, 6.45) is 2.73. The maximum absolute atomic E-state index is 13.7. The summed E-state index contributed by atoms with van der Waals surface area (Å²) in [6.45, 7) is 4.97. The van der Waals surface area contributed by atoms with Gasteiger partial charge in [0.15, 0.2) is 0 Å². The lowest BCUT2D eigenvalue weighted by atomic mass is 10.1. The van der Waals surface area contributed by atoms with Crippen molar-refractivity contribution in [3.63, 3.8) is 0 Å². The normalized spacial score (nSPS) is 20.8. The van der Waals surface area contributed by atoms with E-state index in [-0.39, 0.29) is 5.82 Å². The van der Waals surface area contributed by atoms with Gasteiger partial charge in [0.25, 0.3) is 0 Å². The van der Waals surface area contributed by atoms with Crippen LogP contribution in [0.4, 0.5) is 10.1 Å². The number of hydrogen-bond acceptors (Lipinski definition) is 3. The minimum Gasteiger partial charge on any atom is -0.369 e. The number of hydrogen-bond donors (Lipinski definition) is 1. The molecule has 0 atom stereocenters. The molecule has 2 aliphatic rings. The molecule has 0 amide bonds. The van der Waals surface area contributed by atoms with Crippen LogP contribution in [0.15, 0.2) is 18.2 Å². The maximum Gasteiger partial charge on any atom is 0.125 e. The fourth-order valence-electron chi connectivity index (χ4n) is 2.91. The molecule has 0 spiro atoms. The van der Waals surface area contributed by atoms with Crippen molar-refractivity contribution in [2.45, 2.75) is 25.4 Å². The summed E-state index contributed by atoms with van der Waals surface area (Å²) in [7, 11) is 1.89. The first-order chi connectivity index (χ1) is 9.26. The molecule has 0 aromatic heterocycles. The van der Waals surface area contributed by atoms with Crippen molar-refractivity contribution < 1.29 is 4.39 Å². The fraction of sp³-hybridized carbons (Fsp3) is 0.600. The van der Waals surface area contributed by atoms with E-state index in [1.165, 1.54) is 12.8 Å². The molecule has 1 saturated carbocycles. The smallest absolute Gasteiger partial charge is 0.125 e. The van der Waals surface area contributed by atoms with E-state index in [9.17, 15) is 4.39 Å². The Morgan fingerprint density at radius 2 is 1.89 bits per heavy atom. The van der Waals surface area contributed by atoms with E-state index < -0.39 is 0 Å². The maximum atomic E-state index is 13.7. The molecule has 19 heavy (non-hydrogen) atoms. The highest BCUT2D eigenvalue weighted by Gasteiger charge is 2.31. The second-order valence-electron chi connectivity index (χ2n) is 5.60. The number of benzene rings is 1. The van der Waals surface area contributed by atoms with Crippen LogP contribution in [0.1, 0.15) is 18.4 Å². The molecular formula is C15H22FN3. The SMILES string of the molecule is CNCc1cc(F)cc(N2CCN(C3CC3)CC2)c1. The van der Waals surface area contributed by atoms with Gasteiger partial charge in [0.1, 0.15) is 5.82 Å². The second-order valence-corrected chi connectivity index (χ2v) is 5.60.